The predicted octanol–water partition coefficient (Wildman–Crippen LogP) is 2.52. The van der Waals surface area contributed by atoms with Gasteiger partial charge in [0.25, 0.3) is 0 Å². The van der Waals surface area contributed by atoms with Crippen molar-refractivity contribution in [2.45, 2.75) is 12.5 Å². The van der Waals surface area contributed by atoms with Crippen LogP contribution in [0.25, 0.3) is 0 Å². The van der Waals surface area contributed by atoms with Crippen molar-refractivity contribution in [3.8, 4) is 11.5 Å². The molecule has 1 atom stereocenters. The van der Waals surface area contributed by atoms with E-state index < -0.39 is 6.67 Å². The molecule has 84 valence electrons. The van der Waals surface area contributed by atoms with Crippen molar-refractivity contribution in [3.05, 3.63) is 22.2 Å². The zero-order chi connectivity index (χ0) is 11.4. The molecule has 1 aromatic rings. The lowest BCUT2D eigenvalue weighted by Crippen LogP contribution is -2.11. The first-order chi connectivity index (χ1) is 7.10. The van der Waals surface area contributed by atoms with E-state index in [0.29, 0.717) is 10.2 Å². The van der Waals surface area contributed by atoms with Gasteiger partial charge in [-0.05, 0) is 40.0 Å². The number of hydrogen-bond donors (Lipinski definition) is 2. The highest BCUT2D eigenvalue weighted by Crippen LogP contribution is 2.36. The van der Waals surface area contributed by atoms with E-state index in [4.69, 9.17) is 10.5 Å². The Hall–Kier alpha value is -0.810. The summed E-state index contributed by atoms with van der Waals surface area (Å²) in [6, 6.07) is 2.89. The zero-order valence-corrected chi connectivity index (χ0v) is 9.92. The summed E-state index contributed by atoms with van der Waals surface area (Å²) in [7, 11) is 1.45. The van der Waals surface area contributed by atoms with E-state index in [1.54, 1.807) is 12.1 Å². The van der Waals surface area contributed by atoms with Crippen LogP contribution in [-0.2, 0) is 0 Å². The fourth-order valence-electron chi connectivity index (χ4n) is 1.25. The first-order valence-corrected chi connectivity index (χ1v) is 5.27. The summed E-state index contributed by atoms with van der Waals surface area (Å²) in [6.07, 6.45) is 0.250. The van der Waals surface area contributed by atoms with Gasteiger partial charge in [-0.3, -0.25) is 4.39 Å². The molecular formula is C10H13BrFNO2. The van der Waals surface area contributed by atoms with Crippen molar-refractivity contribution in [2.24, 2.45) is 5.73 Å². The maximum atomic E-state index is 12.1. The van der Waals surface area contributed by atoms with E-state index in [-0.39, 0.29) is 18.2 Å². The van der Waals surface area contributed by atoms with Crippen LogP contribution in [0.15, 0.2) is 16.6 Å². The molecule has 0 heterocycles. The number of phenols is 1. The second-order valence-corrected chi connectivity index (χ2v) is 3.99. The molecule has 0 radical (unpaired) electrons. The molecule has 0 fully saturated rings. The first-order valence-electron chi connectivity index (χ1n) is 4.48. The molecule has 0 spiro atoms. The number of methoxy groups -OCH3 is 1. The summed E-state index contributed by atoms with van der Waals surface area (Å²) in [4.78, 5) is 0. The minimum Gasteiger partial charge on any atom is -0.503 e. The van der Waals surface area contributed by atoms with Gasteiger partial charge in [-0.2, -0.15) is 0 Å². The maximum absolute atomic E-state index is 12.1. The van der Waals surface area contributed by atoms with E-state index in [9.17, 15) is 9.50 Å². The Labute approximate surface area is 96.2 Å². The fourth-order valence-corrected chi connectivity index (χ4v) is 1.71. The molecule has 5 heteroatoms. The van der Waals surface area contributed by atoms with E-state index in [1.165, 1.54) is 7.11 Å². The Balaban J connectivity index is 3.05. The number of halogens is 2. The van der Waals surface area contributed by atoms with Gasteiger partial charge in [-0.15, -0.1) is 0 Å². The van der Waals surface area contributed by atoms with Crippen LogP contribution < -0.4 is 10.5 Å². The molecule has 0 unspecified atom stereocenters. The van der Waals surface area contributed by atoms with Gasteiger partial charge in [0.05, 0.1) is 18.3 Å². The summed E-state index contributed by atoms with van der Waals surface area (Å²) >= 11 is 3.18. The topological polar surface area (TPSA) is 55.5 Å². The van der Waals surface area contributed by atoms with Crippen LogP contribution in [0.4, 0.5) is 4.39 Å². The van der Waals surface area contributed by atoms with Crippen molar-refractivity contribution in [1.29, 1.82) is 0 Å². The lowest BCUT2D eigenvalue weighted by Gasteiger charge is -2.13. The van der Waals surface area contributed by atoms with E-state index >= 15 is 0 Å². The van der Waals surface area contributed by atoms with Gasteiger partial charge in [-0.1, -0.05) is 0 Å². The van der Waals surface area contributed by atoms with Gasteiger partial charge in [0.2, 0.25) is 0 Å². The monoisotopic (exact) mass is 277 g/mol. The van der Waals surface area contributed by atoms with E-state index in [2.05, 4.69) is 15.9 Å². The number of nitrogens with two attached hydrogens (primary N) is 1. The molecule has 0 aliphatic heterocycles. The van der Waals surface area contributed by atoms with Crippen molar-refractivity contribution in [3.63, 3.8) is 0 Å². The molecule has 0 aliphatic rings. The number of hydrogen-bond acceptors (Lipinski definition) is 3. The number of aromatic hydroxyl groups is 1. The minimum atomic E-state index is -0.470. The fraction of sp³-hybridized carbons (Fsp3) is 0.400. The van der Waals surface area contributed by atoms with Gasteiger partial charge < -0.3 is 15.6 Å². The van der Waals surface area contributed by atoms with Gasteiger partial charge in [0, 0.05) is 6.04 Å². The predicted molar refractivity (Wildman–Crippen MR) is 59.9 cm³/mol. The molecule has 1 rings (SSSR count). The Bertz CT molecular complexity index is 346. The second-order valence-electron chi connectivity index (χ2n) is 3.14. The molecular weight excluding hydrogens is 265 g/mol. The number of alkyl halides is 1. The SMILES string of the molecule is COc1cc([C@H](N)CCF)cc(Br)c1O. The lowest BCUT2D eigenvalue weighted by molar-refractivity contribution is 0.370. The van der Waals surface area contributed by atoms with E-state index in [1.807, 2.05) is 0 Å². The third kappa shape index (κ3) is 2.82. The van der Waals surface area contributed by atoms with Gasteiger partial charge in [0.15, 0.2) is 11.5 Å². The number of phenolic OH excluding ortho intramolecular Hbond substituents is 1. The maximum Gasteiger partial charge on any atom is 0.172 e. The smallest absolute Gasteiger partial charge is 0.172 e. The van der Waals surface area contributed by atoms with Crippen molar-refractivity contribution in [2.75, 3.05) is 13.8 Å². The Kier molecular flexibility index (Phi) is 4.35. The summed E-state index contributed by atoms with van der Waals surface area (Å²) in [5.41, 5.74) is 6.48. The van der Waals surface area contributed by atoms with Crippen LogP contribution >= 0.6 is 15.9 Å². The van der Waals surface area contributed by atoms with Crippen LogP contribution in [-0.4, -0.2) is 18.9 Å². The third-order valence-corrected chi connectivity index (χ3v) is 2.72. The van der Waals surface area contributed by atoms with Crippen LogP contribution in [0.3, 0.4) is 0 Å². The average Bonchev–Trinajstić information content (AvgIpc) is 2.22. The molecule has 0 aliphatic carbocycles. The van der Waals surface area contributed by atoms with Crippen LogP contribution in [0.1, 0.15) is 18.0 Å². The van der Waals surface area contributed by atoms with Gasteiger partial charge in [-0.25, -0.2) is 0 Å². The zero-order valence-electron chi connectivity index (χ0n) is 8.34. The van der Waals surface area contributed by atoms with Crippen molar-refractivity contribution < 1.29 is 14.2 Å². The van der Waals surface area contributed by atoms with Crippen LogP contribution in [0.2, 0.25) is 0 Å². The van der Waals surface area contributed by atoms with E-state index in [0.717, 1.165) is 5.56 Å². The molecule has 0 amide bonds. The summed E-state index contributed by atoms with van der Waals surface area (Å²) in [6.45, 7) is -0.470. The molecule has 1 aromatic carbocycles. The number of benzene rings is 1. The largest absolute Gasteiger partial charge is 0.503 e. The Morgan fingerprint density at radius 1 is 1.60 bits per heavy atom. The van der Waals surface area contributed by atoms with Crippen LogP contribution in [0, 0.1) is 0 Å². The quantitative estimate of drug-likeness (QED) is 0.889. The standard InChI is InChI=1S/C10H13BrFNO2/c1-15-9-5-6(8(13)2-3-12)4-7(11)10(9)14/h4-5,8,14H,2-3,13H2,1H3/t8-/m1/s1. The summed E-state index contributed by atoms with van der Waals surface area (Å²) < 4.78 is 17.6. The Morgan fingerprint density at radius 2 is 2.27 bits per heavy atom. The molecule has 0 saturated heterocycles. The minimum absolute atomic E-state index is 0.0219. The second kappa shape index (κ2) is 5.32. The molecule has 3 nitrogen and oxygen atoms in total. The molecule has 3 N–H and O–H groups in total. The highest BCUT2D eigenvalue weighted by Gasteiger charge is 2.13. The molecule has 15 heavy (non-hydrogen) atoms. The molecule has 0 bridgehead atoms. The molecule has 0 aromatic heterocycles. The van der Waals surface area contributed by atoms with Crippen LogP contribution in [0.5, 0.6) is 11.5 Å². The first kappa shape index (κ1) is 12.3. The third-order valence-electron chi connectivity index (χ3n) is 2.12. The average molecular weight is 278 g/mol. The lowest BCUT2D eigenvalue weighted by atomic mass is 10.0. The Morgan fingerprint density at radius 3 is 2.80 bits per heavy atom. The van der Waals surface area contributed by atoms with Crippen molar-refractivity contribution >= 4 is 15.9 Å². The molecule has 0 saturated carbocycles. The van der Waals surface area contributed by atoms with Gasteiger partial charge in [0.1, 0.15) is 0 Å². The number of rotatable bonds is 4. The normalized spacial score (nSPS) is 12.5. The highest BCUT2D eigenvalue weighted by molar-refractivity contribution is 9.10. The number of ether oxygens (including phenoxy) is 1. The summed E-state index contributed by atoms with van der Waals surface area (Å²) in [5.74, 6) is 0.349. The summed E-state index contributed by atoms with van der Waals surface area (Å²) in [5, 5.41) is 9.55. The van der Waals surface area contributed by atoms with Gasteiger partial charge >= 0.3 is 0 Å². The highest BCUT2D eigenvalue weighted by atomic mass is 79.9. The van der Waals surface area contributed by atoms with Crippen molar-refractivity contribution in [1.82, 2.24) is 0 Å².